The molecule has 0 unspecified atom stereocenters. The number of piperazine rings is 1. The molecule has 2 aromatic heterocycles. The van der Waals surface area contributed by atoms with Crippen LogP contribution in [-0.4, -0.2) is 84.2 Å². The molecule has 36 heavy (non-hydrogen) atoms. The lowest BCUT2D eigenvalue weighted by Crippen LogP contribution is -2.49. The lowest BCUT2D eigenvalue weighted by atomic mass is 10.3. The minimum Gasteiger partial charge on any atom is -0.497 e. The van der Waals surface area contributed by atoms with Gasteiger partial charge in [0.05, 0.1) is 17.7 Å². The van der Waals surface area contributed by atoms with Gasteiger partial charge in [-0.2, -0.15) is 8.99 Å². The number of benzene rings is 2. The highest BCUT2D eigenvalue weighted by Crippen LogP contribution is 2.33. The molecular weight excluding hydrogens is 486 g/mol. The molecule has 12 nitrogen and oxygen atoms in total. The summed E-state index contributed by atoms with van der Waals surface area (Å²) in [4.78, 5) is 11.0. The third kappa shape index (κ3) is 3.85. The summed E-state index contributed by atoms with van der Waals surface area (Å²) in [5, 5.41) is 8.61. The zero-order chi connectivity index (χ0) is 24.7. The SMILES string of the molecule is COc1cccc(-n2nnc3c(N4CCN(S(=O)(=O)c5ccc6c(c5)OCCO6)CC4)ncnc32)c1. The second-order valence-corrected chi connectivity index (χ2v) is 10.2. The van der Waals surface area contributed by atoms with E-state index >= 15 is 0 Å². The van der Waals surface area contributed by atoms with E-state index in [2.05, 4.69) is 20.3 Å². The van der Waals surface area contributed by atoms with Gasteiger partial charge >= 0.3 is 0 Å². The lowest BCUT2D eigenvalue weighted by molar-refractivity contribution is 0.171. The van der Waals surface area contributed by atoms with E-state index in [0.29, 0.717) is 73.6 Å². The second-order valence-electron chi connectivity index (χ2n) is 8.27. The van der Waals surface area contributed by atoms with Gasteiger partial charge in [0.25, 0.3) is 0 Å². The Kier molecular flexibility index (Phi) is 5.57. The van der Waals surface area contributed by atoms with Crippen molar-refractivity contribution in [3.8, 4) is 22.9 Å². The molecule has 0 bridgehead atoms. The summed E-state index contributed by atoms with van der Waals surface area (Å²) in [6, 6.07) is 12.2. The van der Waals surface area contributed by atoms with E-state index in [-0.39, 0.29) is 4.90 Å². The van der Waals surface area contributed by atoms with Crippen LogP contribution < -0.4 is 19.1 Å². The first-order chi connectivity index (χ1) is 17.5. The topological polar surface area (TPSA) is 125 Å². The van der Waals surface area contributed by atoms with Gasteiger partial charge in [-0.25, -0.2) is 18.4 Å². The van der Waals surface area contributed by atoms with Crippen LogP contribution in [0.4, 0.5) is 5.82 Å². The molecule has 2 aliphatic rings. The van der Waals surface area contributed by atoms with Crippen molar-refractivity contribution in [3.05, 3.63) is 48.8 Å². The number of methoxy groups -OCH3 is 1. The molecule has 4 aromatic rings. The quantitative estimate of drug-likeness (QED) is 0.391. The van der Waals surface area contributed by atoms with E-state index in [9.17, 15) is 8.42 Å². The maximum absolute atomic E-state index is 13.3. The number of anilines is 1. The Morgan fingerprint density at radius 3 is 2.56 bits per heavy atom. The Morgan fingerprint density at radius 1 is 0.944 bits per heavy atom. The third-order valence-corrected chi connectivity index (χ3v) is 8.10. The van der Waals surface area contributed by atoms with Gasteiger partial charge in [-0.05, 0) is 24.3 Å². The maximum Gasteiger partial charge on any atom is 0.243 e. The van der Waals surface area contributed by atoms with Gasteiger partial charge in [0.2, 0.25) is 10.0 Å². The average molecular weight is 510 g/mol. The zero-order valence-corrected chi connectivity index (χ0v) is 20.3. The van der Waals surface area contributed by atoms with E-state index in [4.69, 9.17) is 14.2 Å². The van der Waals surface area contributed by atoms with Crippen molar-refractivity contribution in [2.45, 2.75) is 4.90 Å². The smallest absolute Gasteiger partial charge is 0.243 e. The molecule has 0 spiro atoms. The standard InChI is InChI=1S/C23H23N7O5S/c1-33-17-4-2-3-16(13-17)30-23-21(26-27-30)22(24-15-25-23)28-7-9-29(10-8-28)36(31,32)18-5-6-19-20(14-18)35-12-11-34-19/h2-6,13-15H,7-12H2,1H3. The van der Waals surface area contributed by atoms with Gasteiger partial charge in [-0.15, -0.1) is 5.10 Å². The second kappa shape index (κ2) is 8.91. The van der Waals surface area contributed by atoms with Crippen LogP contribution in [0.5, 0.6) is 17.2 Å². The lowest BCUT2D eigenvalue weighted by Gasteiger charge is -2.34. The van der Waals surface area contributed by atoms with Crippen molar-refractivity contribution in [3.63, 3.8) is 0 Å². The molecule has 0 aliphatic carbocycles. The highest BCUT2D eigenvalue weighted by molar-refractivity contribution is 7.89. The normalized spacial score (nSPS) is 16.3. The average Bonchev–Trinajstić information content (AvgIpc) is 3.37. The first kappa shape index (κ1) is 22.5. The van der Waals surface area contributed by atoms with Crippen LogP contribution in [0.15, 0.2) is 53.7 Å². The van der Waals surface area contributed by atoms with Gasteiger partial charge in [0, 0.05) is 38.3 Å². The largest absolute Gasteiger partial charge is 0.497 e. The number of aromatic nitrogens is 5. The number of sulfonamides is 1. The van der Waals surface area contributed by atoms with E-state index in [1.807, 2.05) is 29.2 Å². The van der Waals surface area contributed by atoms with Crippen molar-refractivity contribution >= 4 is 27.0 Å². The molecule has 1 fully saturated rings. The summed E-state index contributed by atoms with van der Waals surface area (Å²) < 4.78 is 46.1. The van der Waals surface area contributed by atoms with Gasteiger partial charge in [0.1, 0.15) is 25.3 Å². The molecule has 0 saturated carbocycles. The highest BCUT2D eigenvalue weighted by atomic mass is 32.2. The molecule has 6 rings (SSSR count). The predicted molar refractivity (Wildman–Crippen MR) is 129 cm³/mol. The van der Waals surface area contributed by atoms with Crippen LogP contribution in [0.25, 0.3) is 16.9 Å². The summed E-state index contributed by atoms with van der Waals surface area (Å²) in [5.74, 6) is 2.31. The predicted octanol–water partition coefficient (Wildman–Crippen LogP) is 1.50. The fourth-order valence-corrected chi connectivity index (χ4v) is 5.80. The molecular formula is C23H23N7O5S. The van der Waals surface area contributed by atoms with Crippen LogP contribution in [0.2, 0.25) is 0 Å². The summed E-state index contributed by atoms with van der Waals surface area (Å²) in [7, 11) is -2.08. The van der Waals surface area contributed by atoms with Gasteiger partial charge < -0.3 is 19.1 Å². The van der Waals surface area contributed by atoms with Crippen molar-refractivity contribution in [1.29, 1.82) is 0 Å². The summed E-state index contributed by atoms with van der Waals surface area (Å²) >= 11 is 0. The van der Waals surface area contributed by atoms with Gasteiger partial charge in [-0.1, -0.05) is 11.3 Å². The zero-order valence-electron chi connectivity index (χ0n) is 19.4. The molecule has 4 heterocycles. The van der Waals surface area contributed by atoms with Crippen molar-refractivity contribution in [2.75, 3.05) is 51.4 Å². The molecule has 0 N–H and O–H groups in total. The van der Waals surface area contributed by atoms with Gasteiger partial charge in [0.15, 0.2) is 28.5 Å². The molecule has 0 radical (unpaired) electrons. The minimum absolute atomic E-state index is 0.186. The first-order valence-corrected chi connectivity index (χ1v) is 12.8. The Bertz CT molecular complexity index is 1530. The van der Waals surface area contributed by atoms with E-state index in [1.165, 1.54) is 16.7 Å². The monoisotopic (exact) mass is 509 g/mol. The Balaban J connectivity index is 1.23. The molecule has 2 aliphatic heterocycles. The molecule has 186 valence electrons. The van der Waals surface area contributed by atoms with Crippen molar-refractivity contribution in [1.82, 2.24) is 29.3 Å². The van der Waals surface area contributed by atoms with Crippen LogP contribution in [0.3, 0.4) is 0 Å². The molecule has 13 heteroatoms. The number of rotatable bonds is 5. The van der Waals surface area contributed by atoms with E-state index < -0.39 is 10.0 Å². The van der Waals surface area contributed by atoms with Crippen molar-refractivity contribution in [2.24, 2.45) is 0 Å². The Hall–Kier alpha value is -3.97. The van der Waals surface area contributed by atoms with Crippen LogP contribution in [0.1, 0.15) is 0 Å². The maximum atomic E-state index is 13.3. The Morgan fingerprint density at radius 2 is 1.75 bits per heavy atom. The number of hydrogen-bond acceptors (Lipinski definition) is 10. The molecule has 0 atom stereocenters. The third-order valence-electron chi connectivity index (χ3n) is 6.21. The summed E-state index contributed by atoms with van der Waals surface area (Å²) in [6.07, 6.45) is 1.47. The van der Waals surface area contributed by atoms with Crippen molar-refractivity contribution < 1.29 is 22.6 Å². The molecule has 2 aromatic carbocycles. The first-order valence-electron chi connectivity index (χ1n) is 11.4. The van der Waals surface area contributed by atoms with Crippen LogP contribution in [-0.2, 0) is 10.0 Å². The minimum atomic E-state index is -3.69. The summed E-state index contributed by atoms with van der Waals surface area (Å²) in [5.41, 5.74) is 1.86. The van der Waals surface area contributed by atoms with E-state index in [0.717, 1.165) is 5.69 Å². The van der Waals surface area contributed by atoms with Gasteiger partial charge in [-0.3, -0.25) is 0 Å². The summed E-state index contributed by atoms with van der Waals surface area (Å²) in [6.45, 7) is 2.33. The molecule has 1 saturated heterocycles. The number of ether oxygens (including phenoxy) is 3. The number of nitrogens with zero attached hydrogens (tertiary/aromatic N) is 7. The van der Waals surface area contributed by atoms with E-state index in [1.54, 1.807) is 23.9 Å². The van der Waals surface area contributed by atoms with Crippen LogP contribution in [0, 0.1) is 0 Å². The fraction of sp³-hybridized carbons (Fsp3) is 0.304. The Labute approximate surface area is 207 Å². The number of hydrogen-bond donors (Lipinski definition) is 0. The molecule has 0 amide bonds. The highest BCUT2D eigenvalue weighted by Gasteiger charge is 2.31. The number of fused-ring (bicyclic) bond motifs is 2. The van der Waals surface area contributed by atoms with Crippen LogP contribution >= 0.6 is 0 Å². The fourth-order valence-electron chi connectivity index (χ4n) is 4.36.